The number of aryl methyl sites for hydroxylation is 1. The second kappa shape index (κ2) is 9.86. The molecule has 0 radical (unpaired) electrons. The summed E-state index contributed by atoms with van der Waals surface area (Å²) in [5.74, 6) is -1.56. The van der Waals surface area contributed by atoms with Gasteiger partial charge in [0.05, 0.1) is 5.56 Å². The first-order valence-corrected chi connectivity index (χ1v) is 8.74. The van der Waals surface area contributed by atoms with Crippen molar-refractivity contribution in [3.63, 3.8) is 0 Å². The molecule has 0 fully saturated rings. The van der Waals surface area contributed by atoms with Crippen LogP contribution < -0.4 is 15.4 Å². The van der Waals surface area contributed by atoms with Crippen molar-refractivity contribution in [3.05, 3.63) is 71.4 Å². The molecule has 1 aromatic carbocycles. The van der Waals surface area contributed by atoms with Crippen LogP contribution in [0.25, 0.3) is 0 Å². The molecule has 0 saturated heterocycles. The quantitative estimate of drug-likeness (QED) is 0.636. The third kappa shape index (κ3) is 6.87. The van der Waals surface area contributed by atoms with E-state index in [2.05, 4.69) is 22.2 Å². The lowest BCUT2D eigenvalue weighted by molar-refractivity contribution is -0.137. The molecule has 2 amide bonds. The van der Waals surface area contributed by atoms with E-state index in [4.69, 9.17) is 4.74 Å². The molecule has 2 rings (SSSR count). The zero-order chi connectivity index (χ0) is 22.3. The molecule has 2 N–H and O–H groups in total. The Kier molecular flexibility index (Phi) is 7.51. The van der Waals surface area contributed by atoms with Crippen LogP contribution in [0.2, 0.25) is 0 Å². The molecule has 2 aromatic rings. The number of alkyl halides is 3. The van der Waals surface area contributed by atoms with Gasteiger partial charge in [-0.1, -0.05) is 12.6 Å². The predicted octanol–water partition coefficient (Wildman–Crippen LogP) is 3.38. The van der Waals surface area contributed by atoms with Gasteiger partial charge in [-0.15, -0.1) is 0 Å². The molecule has 0 saturated carbocycles. The number of nitrogens with zero attached hydrogens (tertiary/aromatic N) is 1. The van der Waals surface area contributed by atoms with E-state index >= 15 is 0 Å². The lowest BCUT2D eigenvalue weighted by atomic mass is 10.2. The molecule has 0 aliphatic carbocycles. The number of carbonyl (C=O) groups is 2. The molecule has 0 aliphatic rings. The highest BCUT2D eigenvalue weighted by Gasteiger charge is 2.31. The van der Waals surface area contributed by atoms with Gasteiger partial charge in [0.2, 0.25) is 0 Å². The van der Waals surface area contributed by atoms with E-state index in [-0.39, 0.29) is 31.0 Å². The van der Waals surface area contributed by atoms with E-state index in [9.17, 15) is 27.2 Å². The molecule has 0 unspecified atom stereocenters. The number of aromatic nitrogens is 1. The second-order valence-corrected chi connectivity index (χ2v) is 6.28. The summed E-state index contributed by atoms with van der Waals surface area (Å²) in [5, 5.41) is 4.85. The molecule has 0 spiro atoms. The fraction of sp³-hybridized carbons (Fsp3) is 0.250. The molecule has 30 heavy (non-hydrogen) atoms. The summed E-state index contributed by atoms with van der Waals surface area (Å²) in [4.78, 5) is 27.4. The predicted molar refractivity (Wildman–Crippen MR) is 100 cm³/mol. The number of rotatable bonds is 8. The molecule has 1 heterocycles. The number of pyridine rings is 1. The van der Waals surface area contributed by atoms with Crippen molar-refractivity contribution < 1.29 is 31.9 Å². The van der Waals surface area contributed by atoms with Crippen LogP contribution in [0.15, 0.2) is 48.8 Å². The van der Waals surface area contributed by atoms with Crippen molar-refractivity contribution in [2.24, 2.45) is 0 Å². The zero-order valence-corrected chi connectivity index (χ0v) is 16.0. The summed E-state index contributed by atoms with van der Waals surface area (Å²) >= 11 is 0. The molecular formula is C20H19F4N3O3. The Morgan fingerprint density at radius 3 is 2.60 bits per heavy atom. The van der Waals surface area contributed by atoms with Crippen LogP contribution in [-0.4, -0.2) is 29.9 Å². The first kappa shape index (κ1) is 22.9. The van der Waals surface area contributed by atoms with Gasteiger partial charge in [0, 0.05) is 30.9 Å². The van der Waals surface area contributed by atoms with Gasteiger partial charge in [0.1, 0.15) is 17.3 Å². The monoisotopic (exact) mass is 425 g/mol. The highest BCUT2D eigenvalue weighted by Crippen LogP contribution is 2.29. The Labute approximate surface area is 170 Å². The third-order valence-corrected chi connectivity index (χ3v) is 3.87. The van der Waals surface area contributed by atoms with Gasteiger partial charge in [-0.25, -0.2) is 4.39 Å². The van der Waals surface area contributed by atoms with Gasteiger partial charge in [-0.3, -0.25) is 14.6 Å². The average molecular weight is 425 g/mol. The second-order valence-electron chi connectivity index (χ2n) is 6.28. The standard InChI is InChI=1S/C20H19F4N3O3/c1-12-3-4-15(10-16(12)21)30-11-18(28)26-7-5-13(2)27-19(29)17-9-14(6-8-25-17)20(22,23)24/h3-4,6,8-10H,2,5,7,11H2,1H3,(H,26,28)(H,27,29). The lowest BCUT2D eigenvalue weighted by Crippen LogP contribution is -2.31. The lowest BCUT2D eigenvalue weighted by Gasteiger charge is -2.11. The van der Waals surface area contributed by atoms with Crippen LogP contribution in [-0.2, 0) is 11.0 Å². The summed E-state index contributed by atoms with van der Waals surface area (Å²) in [6.45, 7) is 4.95. The molecular weight excluding hydrogens is 406 g/mol. The van der Waals surface area contributed by atoms with Crippen LogP contribution in [0.3, 0.4) is 0 Å². The third-order valence-electron chi connectivity index (χ3n) is 3.87. The average Bonchev–Trinajstić information content (AvgIpc) is 2.68. The first-order valence-electron chi connectivity index (χ1n) is 8.74. The van der Waals surface area contributed by atoms with Crippen molar-refractivity contribution in [3.8, 4) is 5.75 Å². The molecule has 10 heteroatoms. The minimum Gasteiger partial charge on any atom is -0.484 e. The van der Waals surface area contributed by atoms with Gasteiger partial charge < -0.3 is 15.4 Å². The zero-order valence-electron chi connectivity index (χ0n) is 16.0. The van der Waals surface area contributed by atoms with Gasteiger partial charge in [-0.2, -0.15) is 13.2 Å². The summed E-state index contributed by atoms with van der Waals surface area (Å²) in [6.07, 6.45) is -3.57. The maximum atomic E-state index is 13.4. The summed E-state index contributed by atoms with van der Waals surface area (Å²) < 4.78 is 56.7. The van der Waals surface area contributed by atoms with Crippen molar-refractivity contribution >= 4 is 11.8 Å². The van der Waals surface area contributed by atoms with Crippen molar-refractivity contribution in [1.29, 1.82) is 0 Å². The van der Waals surface area contributed by atoms with Crippen LogP contribution >= 0.6 is 0 Å². The molecule has 0 aliphatic heterocycles. The smallest absolute Gasteiger partial charge is 0.416 e. The van der Waals surface area contributed by atoms with Crippen molar-refractivity contribution in [2.45, 2.75) is 19.5 Å². The number of amides is 2. The van der Waals surface area contributed by atoms with E-state index in [1.807, 2.05) is 0 Å². The number of nitrogens with one attached hydrogen (secondary N) is 2. The van der Waals surface area contributed by atoms with Gasteiger partial charge in [0.15, 0.2) is 6.61 Å². The Balaban J connectivity index is 1.74. The highest BCUT2D eigenvalue weighted by molar-refractivity contribution is 5.93. The fourth-order valence-corrected chi connectivity index (χ4v) is 2.23. The van der Waals surface area contributed by atoms with Crippen molar-refractivity contribution in [1.82, 2.24) is 15.6 Å². The number of ether oxygens (including phenoxy) is 1. The van der Waals surface area contributed by atoms with Crippen molar-refractivity contribution in [2.75, 3.05) is 13.2 Å². The van der Waals surface area contributed by atoms with Crippen LogP contribution in [0.4, 0.5) is 17.6 Å². The topological polar surface area (TPSA) is 80.3 Å². The minimum absolute atomic E-state index is 0.0968. The number of hydrogen-bond donors (Lipinski definition) is 2. The largest absolute Gasteiger partial charge is 0.484 e. The number of carbonyl (C=O) groups excluding carboxylic acids is 2. The van der Waals surface area contributed by atoms with Crippen LogP contribution in [0, 0.1) is 12.7 Å². The normalized spacial score (nSPS) is 11.0. The van der Waals surface area contributed by atoms with Gasteiger partial charge >= 0.3 is 6.18 Å². The summed E-state index contributed by atoms with van der Waals surface area (Å²) in [7, 11) is 0. The minimum atomic E-state index is -4.59. The molecule has 0 bridgehead atoms. The Hall–Kier alpha value is -3.43. The van der Waals surface area contributed by atoms with E-state index in [1.165, 1.54) is 18.2 Å². The Morgan fingerprint density at radius 2 is 1.93 bits per heavy atom. The molecule has 160 valence electrons. The highest BCUT2D eigenvalue weighted by atomic mass is 19.4. The maximum Gasteiger partial charge on any atom is 0.416 e. The van der Waals surface area contributed by atoms with Crippen LogP contribution in [0.5, 0.6) is 5.75 Å². The SMILES string of the molecule is C=C(CCNC(=O)COc1ccc(C)c(F)c1)NC(=O)c1cc(C(F)(F)F)ccn1. The maximum absolute atomic E-state index is 13.4. The fourth-order valence-electron chi connectivity index (χ4n) is 2.23. The van der Waals surface area contributed by atoms with Gasteiger partial charge in [-0.05, 0) is 30.7 Å². The Bertz CT molecular complexity index is 945. The summed E-state index contributed by atoms with van der Waals surface area (Å²) in [6, 6.07) is 5.62. The number of halogens is 4. The molecule has 1 aromatic heterocycles. The number of benzene rings is 1. The van der Waals surface area contributed by atoms with E-state index in [0.29, 0.717) is 11.6 Å². The van der Waals surface area contributed by atoms with Gasteiger partial charge in [0.25, 0.3) is 11.8 Å². The van der Waals surface area contributed by atoms with E-state index < -0.39 is 35.1 Å². The van der Waals surface area contributed by atoms with Crippen LogP contribution in [0.1, 0.15) is 28.0 Å². The first-order chi connectivity index (χ1) is 14.1. The van der Waals surface area contributed by atoms with E-state index in [1.54, 1.807) is 6.92 Å². The Morgan fingerprint density at radius 1 is 1.20 bits per heavy atom. The molecule has 6 nitrogen and oxygen atoms in total. The number of hydrogen-bond acceptors (Lipinski definition) is 4. The molecule has 0 atom stereocenters. The summed E-state index contributed by atoms with van der Waals surface area (Å²) in [5.41, 5.74) is -0.767. The van der Waals surface area contributed by atoms with E-state index in [0.717, 1.165) is 12.3 Å².